The Balaban J connectivity index is 1.54. The van der Waals surface area contributed by atoms with E-state index < -0.39 is 0 Å². The maximum atomic E-state index is 12.8. The third-order valence-corrected chi connectivity index (χ3v) is 4.56. The average Bonchev–Trinajstić information content (AvgIpc) is 3.29. The van der Waals surface area contributed by atoms with Gasteiger partial charge in [0, 0.05) is 23.9 Å². The number of ether oxygens (including phenoxy) is 2. The second-order valence-corrected chi connectivity index (χ2v) is 6.25. The molecule has 1 aromatic heterocycles. The molecule has 0 radical (unpaired) electrons. The zero-order chi connectivity index (χ0) is 18.8. The van der Waals surface area contributed by atoms with Crippen LogP contribution in [0.15, 0.2) is 54.7 Å². The Labute approximate surface area is 156 Å². The lowest BCUT2D eigenvalue weighted by atomic mass is 10.1. The minimum absolute atomic E-state index is 0.0957. The Morgan fingerprint density at radius 2 is 1.85 bits per heavy atom. The molecule has 138 valence electrons. The van der Waals surface area contributed by atoms with Crippen LogP contribution in [-0.4, -0.2) is 29.9 Å². The lowest BCUT2D eigenvalue weighted by Crippen LogP contribution is -2.14. The molecule has 27 heavy (non-hydrogen) atoms. The van der Waals surface area contributed by atoms with E-state index in [9.17, 15) is 4.79 Å². The van der Waals surface area contributed by atoms with Gasteiger partial charge in [-0.2, -0.15) is 5.10 Å². The molecule has 0 bridgehead atoms. The van der Waals surface area contributed by atoms with Crippen LogP contribution in [0.1, 0.15) is 22.0 Å². The molecule has 0 spiro atoms. The highest BCUT2D eigenvalue weighted by Crippen LogP contribution is 2.32. The van der Waals surface area contributed by atoms with Gasteiger partial charge in [0.25, 0.3) is 5.91 Å². The molecule has 0 aliphatic carbocycles. The number of amides is 1. The Morgan fingerprint density at radius 3 is 2.52 bits per heavy atom. The zero-order valence-corrected chi connectivity index (χ0v) is 15.1. The third-order valence-electron chi connectivity index (χ3n) is 4.56. The molecule has 0 unspecified atom stereocenters. The fourth-order valence-electron chi connectivity index (χ4n) is 3.18. The molecular weight excluding hydrogens is 344 g/mol. The van der Waals surface area contributed by atoms with Gasteiger partial charge in [0.15, 0.2) is 0 Å². The lowest BCUT2D eigenvalue weighted by molar-refractivity contribution is 0.102. The highest BCUT2D eigenvalue weighted by atomic mass is 16.5. The van der Waals surface area contributed by atoms with Crippen molar-refractivity contribution in [2.45, 2.75) is 12.6 Å². The second kappa shape index (κ2) is 7.03. The number of carbonyl (C=O) groups is 1. The van der Waals surface area contributed by atoms with Crippen LogP contribution in [0.5, 0.6) is 11.5 Å². The van der Waals surface area contributed by atoms with Crippen molar-refractivity contribution >= 4 is 17.4 Å². The minimum Gasteiger partial charge on any atom is -0.497 e. The first-order valence-corrected chi connectivity index (χ1v) is 8.59. The van der Waals surface area contributed by atoms with E-state index in [1.807, 2.05) is 22.9 Å². The van der Waals surface area contributed by atoms with Crippen molar-refractivity contribution in [3.63, 3.8) is 0 Å². The maximum Gasteiger partial charge on any atom is 0.261 e. The molecule has 2 heterocycles. The summed E-state index contributed by atoms with van der Waals surface area (Å²) in [6, 6.07) is 15.4. The van der Waals surface area contributed by atoms with Gasteiger partial charge >= 0.3 is 0 Å². The third kappa shape index (κ3) is 3.31. The summed E-state index contributed by atoms with van der Waals surface area (Å²) in [7, 11) is 3.14. The number of methoxy groups -OCH3 is 2. The first-order chi connectivity index (χ1) is 13.2. The summed E-state index contributed by atoms with van der Waals surface area (Å²) in [5.74, 6) is 1.68. The molecule has 2 N–H and O–H groups in total. The largest absolute Gasteiger partial charge is 0.497 e. The van der Waals surface area contributed by atoms with E-state index in [0.29, 0.717) is 29.3 Å². The van der Waals surface area contributed by atoms with E-state index in [1.165, 1.54) is 0 Å². The molecule has 7 heteroatoms. The van der Waals surface area contributed by atoms with Crippen molar-refractivity contribution in [3.8, 4) is 11.5 Å². The number of rotatable bonds is 5. The highest BCUT2D eigenvalue weighted by molar-refractivity contribution is 6.07. The molecule has 0 fully saturated rings. The fourth-order valence-corrected chi connectivity index (χ4v) is 3.18. The quantitative estimate of drug-likeness (QED) is 0.726. The van der Waals surface area contributed by atoms with Crippen molar-refractivity contribution in [2.75, 3.05) is 24.9 Å². The first-order valence-electron chi connectivity index (χ1n) is 8.59. The Kier molecular flexibility index (Phi) is 4.42. The smallest absolute Gasteiger partial charge is 0.261 e. The molecule has 2 aromatic carbocycles. The molecule has 3 aromatic rings. The van der Waals surface area contributed by atoms with Crippen LogP contribution in [0.4, 0.5) is 11.5 Å². The van der Waals surface area contributed by atoms with E-state index in [4.69, 9.17) is 9.47 Å². The van der Waals surface area contributed by atoms with Crippen molar-refractivity contribution in [2.24, 2.45) is 0 Å². The number of benzene rings is 2. The average molecular weight is 364 g/mol. The summed E-state index contributed by atoms with van der Waals surface area (Å²) >= 11 is 0. The summed E-state index contributed by atoms with van der Waals surface area (Å²) < 4.78 is 12.3. The number of anilines is 2. The molecule has 7 nitrogen and oxygen atoms in total. The number of aromatic nitrogens is 2. The molecule has 4 rings (SSSR count). The van der Waals surface area contributed by atoms with E-state index >= 15 is 0 Å². The molecule has 1 aliphatic heterocycles. The molecule has 0 saturated carbocycles. The van der Waals surface area contributed by atoms with Crippen LogP contribution in [0.2, 0.25) is 0 Å². The highest BCUT2D eigenvalue weighted by Gasteiger charge is 2.28. The van der Waals surface area contributed by atoms with Gasteiger partial charge in [-0.25, -0.2) is 4.68 Å². The predicted octanol–water partition coefficient (Wildman–Crippen LogP) is 3.32. The number of fused-ring (bicyclic) bond motifs is 1. The second-order valence-electron chi connectivity index (χ2n) is 6.25. The predicted molar refractivity (Wildman–Crippen MR) is 103 cm³/mol. The van der Waals surface area contributed by atoms with Crippen molar-refractivity contribution in [3.05, 3.63) is 65.9 Å². The number of nitrogens with zero attached hydrogens (tertiary/aromatic N) is 2. The Hall–Kier alpha value is -3.48. The lowest BCUT2D eigenvalue weighted by Gasteiger charge is -2.12. The fraction of sp³-hybridized carbons (Fsp3) is 0.200. The Morgan fingerprint density at radius 1 is 1.15 bits per heavy atom. The summed E-state index contributed by atoms with van der Waals surface area (Å²) in [6.45, 7) is 0.680. The molecule has 1 amide bonds. The van der Waals surface area contributed by atoms with Gasteiger partial charge in [0.05, 0.1) is 33.0 Å². The standard InChI is InChI=1S/C20H20N4O3/c1-26-15-8-14(9-16(10-15)27-2)22-20(25)17-11-21-24-12-18(23-19(17)24)13-6-4-3-5-7-13/h3-11,18,23H,12H2,1-2H3,(H,22,25)/t18-/m0/s1. The van der Waals surface area contributed by atoms with Crippen LogP contribution >= 0.6 is 0 Å². The van der Waals surface area contributed by atoms with E-state index in [0.717, 1.165) is 11.4 Å². The normalized spacial score (nSPS) is 15.0. The van der Waals surface area contributed by atoms with Crippen LogP contribution in [0, 0.1) is 0 Å². The van der Waals surface area contributed by atoms with E-state index in [-0.39, 0.29) is 11.9 Å². The zero-order valence-electron chi connectivity index (χ0n) is 15.1. The van der Waals surface area contributed by atoms with Crippen LogP contribution < -0.4 is 20.1 Å². The van der Waals surface area contributed by atoms with E-state index in [1.54, 1.807) is 38.6 Å². The van der Waals surface area contributed by atoms with Gasteiger partial charge in [-0.3, -0.25) is 4.79 Å². The number of nitrogens with one attached hydrogen (secondary N) is 2. The molecular formula is C20H20N4O3. The first kappa shape index (κ1) is 17.0. The summed E-state index contributed by atoms with van der Waals surface area (Å²) in [5.41, 5.74) is 2.25. The number of hydrogen-bond acceptors (Lipinski definition) is 5. The maximum absolute atomic E-state index is 12.8. The van der Waals surface area contributed by atoms with Gasteiger partial charge in [-0.15, -0.1) is 0 Å². The summed E-state index contributed by atoms with van der Waals surface area (Å²) in [6.07, 6.45) is 1.58. The Bertz CT molecular complexity index is 946. The van der Waals surface area contributed by atoms with Crippen LogP contribution in [0.3, 0.4) is 0 Å². The van der Waals surface area contributed by atoms with Crippen molar-refractivity contribution in [1.82, 2.24) is 9.78 Å². The number of hydrogen-bond donors (Lipinski definition) is 2. The monoisotopic (exact) mass is 364 g/mol. The SMILES string of the molecule is COc1cc(NC(=O)c2cnn3c2N[C@H](c2ccccc2)C3)cc(OC)c1. The van der Waals surface area contributed by atoms with Crippen LogP contribution in [-0.2, 0) is 6.54 Å². The van der Waals surface area contributed by atoms with E-state index in [2.05, 4.69) is 27.9 Å². The number of carbonyl (C=O) groups excluding carboxylic acids is 1. The van der Waals surface area contributed by atoms with Gasteiger partial charge < -0.3 is 20.1 Å². The molecule has 1 aliphatic rings. The van der Waals surface area contributed by atoms with Gasteiger partial charge in [-0.05, 0) is 5.56 Å². The summed E-state index contributed by atoms with van der Waals surface area (Å²) in [5, 5.41) is 10.6. The topological polar surface area (TPSA) is 77.4 Å². The minimum atomic E-state index is -0.243. The van der Waals surface area contributed by atoms with Crippen LogP contribution in [0.25, 0.3) is 0 Å². The summed E-state index contributed by atoms with van der Waals surface area (Å²) in [4.78, 5) is 12.8. The van der Waals surface area contributed by atoms with Gasteiger partial charge in [-0.1, -0.05) is 30.3 Å². The van der Waals surface area contributed by atoms with Gasteiger partial charge in [0.1, 0.15) is 22.9 Å². The van der Waals surface area contributed by atoms with Gasteiger partial charge in [0.2, 0.25) is 0 Å². The molecule has 0 saturated heterocycles. The van der Waals surface area contributed by atoms with Crippen molar-refractivity contribution in [1.29, 1.82) is 0 Å². The van der Waals surface area contributed by atoms with Crippen molar-refractivity contribution < 1.29 is 14.3 Å². The molecule has 1 atom stereocenters.